The van der Waals surface area contributed by atoms with Crippen molar-refractivity contribution in [1.29, 1.82) is 0 Å². The van der Waals surface area contributed by atoms with E-state index >= 15 is 0 Å². The first-order valence-electron chi connectivity index (χ1n) is 7.73. The molecule has 2 fully saturated rings. The molecule has 0 unspecified atom stereocenters. The van der Waals surface area contributed by atoms with Crippen LogP contribution in [0.5, 0.6) is 0 Å². The molecule has 4 atom stereocenters. The Hall–Kier alpha value is -0.950. The molecule has 2 aliphatic rings. The van der Waals surface area contributed by atoms with E-state index < -0.39 is 29.6 Å². The van der Waals surface area contributed by atoms with Crippen LogP contribution >= 0.6 is 15.9 Å². The van der Waals surface area contributed by atoms with Gasteiger partial charge in [-0.3, -0.25) is 0 Å². The number of aliphatic hydroxyl groups is 1. The number of ether oxygens (including phenoxy) is 3. The number of carbonyl (C=O) groups excluding carboxylic acids is 1. The van der Waals surface area contributed by atoms with Crippen LogP contribution in [-0.4, -0.2) is 46.1 Å². The molecule has 1 spiro atoms. The molecule has 0 amide bonds. The van der Waals surface area contributed by atoms with E-state index in [1.807, 2.05) is 19.9 Å². The Morgan fingerprint density at radius 1 is 1.30 bits per heavy atom. The zero-order valence-corrected chi connectivity index (χ0v) is 14.8. The van der Waals surface area contributed by atoms with Gasteiger partial charge in [0, 0.05) is 12.8 Å². The molecule has 1 saturated heterocycles. The lowest BCUT2D eigenvalue weighted by Gasteiger charge is -2.42. The van der Waals surface area contributed by atoms with Gasteiger partial charge in [0.1, 0.15) is 11.7 Å². The van der Waals surface area contributed by atoms with Crippen LogP contribution in [0, 0.1) is 0 Å². The lowest BCUT2D eigenvalue weighted by molar-refractivity contribution is -0.182. The largest absolute Gasteiger partial charge is 0.457 e. The zero-order valence-electron chi connectivity index (χ0n) is 13.2. The Morgan fingerprint density at radius 3 is 2.61 bits per heavy atom. The van der Waals surface area contributed by atoms with E-state index in [9.17, 15) is 9.90 Å². The highest BCUT2D eigenvalue weighted by Gasteiger charge is 2.53. The maximum Gasteiger partial charge on any atom is 0.338 e. The van der Waals surface area contributed by atoms with Crippen molar-refractivity contribution in [1.82, 2.24) is 0 Å². The SMILES string of the molecule is CC1(C)OC[C@]2(C[C@@H](O)[C@@H](Br)[C@H](OC(=O)c3ccccc3)C2)O1. The highest BCUT2D eigenvalue weighted by atomic mass is 79.9. The van der Waals surface area contributed by atoms with Crippen molar-refractivity contribution >= 4 is 21.9 Å². The first kappa shape index (κ1) is 16.9. The van der Waals surface area contributed by atoms with Crippen LogP contribution < -0.4 is 0 Å². The fourth-order valence-electron chi connectivity index (χ4n) is 3.28. The minimum atomic E-state index is -0.688. The van der Waals surface area contributed by atoms with Gasteiger partial charge in [-0.05, 0) is 26.0 Å². The topological polar surface area (TPSA) is 65.0 Å². The minimum absolute atomic E-state index is 0.326. The van der Waals surface area contributed by atoms with Gasteiger partial charge in [0.15, 0.2) is 5.79 Å². The second kappa shape index (κ2) is 6.16. The minimum Gasteiger partial charge on any atom is -0.457 e. The van der Waals surface area contributed by atoms with Gasteiger partial charge in [0.2, 0.25) is 0 Å². The third-order valence-corrected chi connectivity index (χ3v) is 5.49. The van der Waals surface area contributed by atoms with Crippen molar-refractivity contribution in [2.75, 3.05) is 6.61 Å². The average molecular weight is 385 g/mol. The van der Waals surface area contributed by atoms with E-state index in [0.29, 0.717) is 25.0 Å². The van der Waals surface area contributed by atoms with E-state index in [1.54, 1.807) is 24.3 Å². The van der Waals surface area contributed by atoms with Crippen LogP contribution in [0.4, 0.5) is 0 Å². The molecule has 1 aromatic carbocycles. The van der Waals surface area contributed by atoms with Crippen molar-refractivity contribution in [2.24, 2.45) is 0 Å². The van der Waals surface area contributed by atoms with Crippen molar-refractivity contribution < 1.29 is 24.1 Å². The number of hydrogen-bond acceptors (Lipinski definition) is 5. The van der Waals surface area contributed by atoms with Gasteiger partial charge in [0.25, 0.3) is 0 Å². The summed E-state index contributed by atoms with van der Waals surface area (Å²) in [5.74, 6) is -1.09. The number of halogens is 1. The summed E-state index contributed by atoms with van der Waals surface area (Å²) in [6, 6.07) is 8.83. The quantitative estimate of drug-likeness (QED) is 0.627. The van der Waals surface area contributed by atoms with Gasteiger partial charge >= 0.3 is 5.97 Å². The Labute approximate surface area is 144 Å². The molecule has 5 nitrogen and oxygen atoms in total. The Kier molecular flexibility index (Phi) is 4.53. The lowest BCUT2D eigenvalue weighted by atomic mass is 9.81. The van der Waals surface area contributed by atoms with E-state index in [1.165, 1.54) is 0 Å². The maximum absolute atomic E-state index is 12.3. The third kappa shape index (κ3) is 3.60. The lowest BCUT2D eigenvalue weighted by Crippen LogP contribution is -2.53. The summed E-state index contributed by atoms with van der Waals surface area (Å²) in [6.45, 7) is 4.08. The highest BCUT2D eigenvalue weighted by molar-refractivity contribution is 9.09. The second-order valence-electron chi connectivity index (χ2n) is 6.70. The summed E-state index contributed by atoms with van der Waals surface area (Å²) >= 11 is 3.46. The number of hydrogen-bond donors (Lipinski definition) is 1. The average Bonchev–Trinajstić information content (AvgIpc) is 2.80. The number of benzene rings is 1. The first-order chi connectivity index (χ1) is 10.8. The molecule has 1 heterocycles. The maximum atomic E-state index is 12.3. The standard InChI is InChI=1S/C17H21BrO5/c1-16(2)21-10-17(23-16)8-12(19)14(18)13(9-17)22-15(20)11-6-4-3-5-7-11/h3-7,12-14,19H,8-10H2,1-2H3/t12-,13-,14-,17-/m1/s1. The van der Waals surface area contributed by atoms with Gasteiger partial charge in [-0.15, -0.1) is 0 Å². The molecular formula is C17H21BrO5. The van der Waals surface area contributed by atoms with E-state index in [-0.39, 0.29) is 4.83 Å². The molecule has 1 aliphatic heterocycles. The molecule has 0 bridgehead atoms. The summed E-state index contributed by atoms with van der Waals surface area (Å²) < 4.78 is 17.3. The zero-order chi connectivity index (χ0) is 16.7. The fourth-order valence-corrected chi connectivity index (χ4v) is 3.76. The molecule has 1 aliphatic carbocycles. The van der Waals surface area contributed by atoms with E-state index in [0.717, 1.165) is 0 Å². The Balaban J connectivity index is 1.74. The third-order valence-electron chi connectivity index (χ3n) is 4.29. The van der Waals surface area contributed by atoms with Gasteiger partial charge in [-0.1, -0.05) is 34.1 Å². The first-order valence-corrected chi connectivity index (χ1v) is 8.64. The molecule has 1 N–H and O–H groups in total. The second-order valence-corrected chi connectivity index (χ2v) is 7.76. The van der Waals surface area contributed by atoms with E-state index in [2.05, 4.69) is 15.9 Å². The fraction of sp³-hybridized carbons (Fsp3) is 0.588. The van der Waals surface area contributed by atoms with E-state index in [4.69, 9.17) is 14.2 Å². The molecule has 6 heteroatoms. The normalized spacial score (nSPS) is 36.1. The molecule has 23 heavy (non-hydrogen) atoms. The number of aliphatic hydroxyl groups excluding tert-OH is 1. The van der Waals surface area contributed by atoms with Crippen LogP contribution in [0.15, 0.2) is 30.3 Å². The smallest absolute Gasteiger partial charge is 0.338 e. The number of carbonyl (C=O) groups is 1. The number of rotatable bonds is 2. The molecule has 126 valence electrons. The van der Waals surface area contributed by atoms with Gasteiger partial charge in [-0.25, -0.2) is 4.79 Å². The predicted octanol–water partition coefficient (Wildman–Crippen LogP) is 2.65. The van der Waals surface area contributed by atoms with Crippen LogP contribution in [-0.2, 0) is 14.2 Å². The van der Waals surface area contributed by atoms with Crippen LogP contribution in [0.25, 0.3) is 0 Å². The van der Waals surface area contributed by atoms with Crippen molar-refractivity contribution in [3.63, 3.8) is 0 Å². The summed E-state index contributed by atoms with van der Waals surface area (Å²) in [5, 5.41) is 10.4. The summed E-state index contributed by atoms with van der Waals surface area (Å²) in [4.78, 5) is 12.0. The molecule has 0 aromatic heterocycles. The van der Waals surface area contributed by atoms with Crippen LogP contribution in [0.1, 0.15) is 37.0 Å². The van der Waals surface area contributed by atoms with Crippen molar-refractivity contribution in [3.8, 4) is 0 Å². The van der Waals surface area contributed by atoms with Gasteiger partial charge < -0.3 is 19.3 Å². The van der Waals surface area contributed by atoms with Gasteiger partial charge in [-0.2, -0.15) is 0 Å². The molecule has 0 radical (unpaired) electrons. The van der Waals surface area contributed by atoms with Crippen molar-refractivity contribution in [3.05, 3.63) is 35.9 Å². The van der Waals surface area contributed by atoms with Gasteiger partial charge in [0.05, 0.1) is 23.1 Å². The highest BCUT2D eigenvalue weighted by Crippen LogP contribution is 2.44. The molecular weight excluding hydrogens is 364 g/mol. The van der Waals surface area contributed by atoms with Crippen molar-refractivity contribution in [2.45, 2.75) is 55.1 Å². The monoisotopic (exact) mass is 384 g/mol. The summed E-state index contributed by atoms with van der Waals surface area (Å²) in [7, 11) is 0. The predicted molar refractivity (Wildman–Crippen MR) is 87.4 cm³/mol. The number of esters is 1. The Bertz CT molecular complexity index is 576. The summed E-state index contributed by atoms with van der Waals surface area (Å²) in [6.07, 6.45) is -0.216. The number of alkyl halides is 1. The van der Waals surface area contributed by atoms with Crippen LogP contribution in [0.3, 0.4) is 0 Å². The molecule has 3 rings (SSSR count). The Morgan fingerprint density at radius 2 is 2.00 bits per heavy atom. The summed E-state index contributed by atoms with van der Waals surface area (Å²) in [5.41, 5.74) is -0.125. The van der Waals surface area contributed by atoms with Crippen LogP contribution in [0.2, 0.25) is 0 Å². The molecule has 1 saturated carbocycles. The molecule has 1 aromatic rings.